The van der Waals surface area contributed by atoms with Crippen LogP contribution in [-0.2, 0) is 65.4 Å². The molecule has 17 nitrogen and oxygen atoms in total. The summed E-state index contributed by atoms with van der Waals surface area (Å²) in [5, 5.41) is 10.6. The van der Waals surface area contributed by atoms with E-state index in [0.717, 1.165) is 115 Å². The maximum atomic E-state index is 13.0. The van der Waals surface area contributed by atoms with E-state index in [9.17, 15) is 43.2 Å². The third-order valence-corrected chi connectivity index (χ3v) is 18.0. The summed E-state index contributed by atoms with van der Waals surface area (Å²) in [5.74, 6) is 0.818. The van der Waals surface area contributed by atoms with Gasteiger partial charge in [0.1, 0.15) is 19.3 Å². The van der Waals surface area contributed by atoms with E-state index in [2.05, 4.69) is 55.4 Å². The van der Waals surface area contributed by atoms with Crippen LogP contribution < -0.4 is 0 Å². The van der Waals surface area contributed by atoms with Gasteiger partial charge in [-0.05, 0) is 49.4 Å². The van der Waals surface area contributed by atoms with E-state index in [0.29, 0.717) is 37.5 Å². The van der Waals surface area contributed by atoms with Crippen molar-refractivity contribution in [2.45, 2.75) is 363 Å². The minimum Gasteiger partial charge on any atom is -0.462 e. The first-order valence-corrected chi connectivity index (χ1v) is 39.2. The molecule has 0 aliphatic rings. The van der Waals surface area contributed by atoms with Gasteiger partial charge in [-0.2, -0.15) is 0 Å². The lowest BCUT2D eigenvalue weighted by atomic mass is 10.0. The van der Waals surface area contributed by atoms with E-state index >= 15 is 0 Å². The first kappa shape index (κ1) is 87.1. The molecule has 0 spiro atoms. The van der Waals surface area contributed by atoms with Crippen molar-refractivity contribution in [3.8, 4) is 0 Å². The summed E-state index contributed by atoms with van der Waals surface area (Å²) >= 11 is 0. The molecular formula is C70H136O17P2. The van der Waals surface area contributed by atoms with Gasteiger partial charge in [0.15, 0.2) is 12.2 Å². The zero-order valence-electron chi connectivity index (χ0n) is 58.1. The lowest BCUT2D eigenvalue weighted by Crippen LogP contribution is -2.30. The molecule has 0 amide bonds. The first-order chi connectivity index (χ1) is 42.6. The van der Waals surface area contributed by atoms with Crippen molar-refractivity contribution in [1.82, 2.24) is 0 Å². The number of phosphoric ester groups is 2. The Hall–Kier alpha value is -1.94. The van der Waals surface area contributed by atoms with Crippen molar-refractivity contribution < 1.29 is 80.2 Å². The van der Waals surface area contributed by atoms with Gasteiger partial charge in [0.2, 0.25) is 0 Å². The highest BCUT2D eigenvalue weighted by atomic mass is 31.2. The zero-order valence-corrected chi connectivity index (χ0v) is 59.8. The Morgan fingerprint density at radius 3 is 0.697 bits per heavy atom. The Bertz CT molecular complexity index is 1760. The molecule has 0 aliphatic heterocycles. The van der Waals surface area contributed by atoms with Crippen LogP contribution in [0.15, 0.2) is 0 Å². The van der Waals surface area contributed by atoms with Gasteiger partial charge in [0.05, 0.1) is 26.4 Å². The van der Waals surface area contributed by atoms with Crippen molar-refractivity contribution >= 4 is 39.5 Å². The SMILES string of the molecule is CC(C)CCCCCCCCCCCCCCCC(=O)O[C@H](COC(=O)CCCCCCCCCC(C)C)COP(=O)(O)OCC(O)COP(=O)(O)OC[C@@H](COC(=O)CCCCCCCCCC(C)C)OC(=O)CCCCCCCCCCCCC(C)C. The summed E-state index contributed by atoms with van der Waals surface area (Å²) in [4.78, 5) is 72.5. The standard InChI is InChI=1S/C70H136O17P2/c1-60(2)46-38-30-22-16-12-10-9-11-13-18-26-36-44-52-69(74)86-65(56-80-67(72)50-42-34-28-20-24-32-40-48-62(5)6)58-84-88(76,77)82-54-64(71)55-83-89(78,79)85-59-66(57-81-68(73)51-43-35-29-21-25-33-41-49-63(7)8)87-70(75)53-45-37-27-19-15-14-17-23-31-39-47-61(3)4/h60-66,71H,9-59H2,1-8H3,(H,76,77)(H,78,79)/t64?,65-,66-/m1/s1. The fraction of sp³-hybridized carbons (Fsp3) is 0.943. The first-order valence-electron chi connectivity index (χ1n) is 36.2. The minimum absolute atomic E-state index is 0.104. The van der Waals surface area contributed by atoms with Crippen LogP contribution in [0.1, 0.15) is 344 Å². The van der Waals surface area contributed by atoms with Crippen molar-refractivity contribution in [2.75, 3.05) is 39.6 Å². The van der Waals surface area contributed by atoms with Gasteiger partial charge in [-0.1, -0.05) is 293 Å². The lowest BCUT2D eigenvalue weighted by Gasteiger charge is -2.21. The van der Waals surface area contributed by atoms with Crippen LogP contribution in [0.25, 0.3) is 0 Å². The molecule has 0 fully saturated rings. The second-order valence-corrected chi connectivity index (χ2v) is 30.1. The molecule has 3 unspecified atom stereocenters. The normalized spacial score (nSPS) is 14.3. The van der Waals surface area contributed by atoms with Crippen LogP contribution in [0.4, 0.5) is 0 Å². The number of phosphoric acid groups is 2. The molecule has 528 valence electrons. The van der Waals surface area contributed by atoms with Crippen molar-refractivity contribution in [2.24, 2.45) is 23.7 Å². The van der Waals surface area contributed by atoms with E-state index in [-0.39, 0.29) is 25.7 Å². The summed E-state index contributed by atoms with van der Waals surface area (Å²) in [6.07, 6.45) is 41.8. The van der Waals surface area contributed by atoms with Crippen molar-refractivity contribution in [1.29, 1.82) is 0 Å². The van der Waals surface area contributed by atoms with Crippen LogP contribution in [-0.4, -0.2) is 96.7 Å². The number of carbonyl (C=O) groups excluding carboxylic acids is 4. The van der Waals surface area contributed by atoms with Crippen molar-refractivity contribution in [3.63, 3.8) is 0 Å². The molecule has 0 bridgehead atoms. The third-order valence-electron chi connectivity index (χ3n) is 16.1. The Morgan fingerprint density at radius 1 is 0.281 bits per heavy atom. The predicted molar refractivity (Wildman–Crippen MR) is 358 cm³/mol. The highest BCUT2D eigenvalue weighted by Crippen LogP contribution is 2.45. The molecule has 19 heteroatoms. The quantitative estimate of drug-likeness (QED) is 0.0222. The van der Waals surface area contributed by atoms with E-state index in [1.807, 2.05) is 0 Å². The smallest absolute Gasteiger partial charge is 0.462 e. The van der Waals surface area contributed by atoms with E-state index in [1.165, 1.54) is 135 Å². The van der Waals surface area contributed by atoms with Gasteiger partial charge in [0.25, 0.3) is 0 Å². The maximum absolute atomic E-state index is 13.0. The number of hydrogen-bond acceptors (Lipinski definition) is 15. The van der Waals surface area contributed by atoms with Gasteiger partial charge in [-0.15, -0.1) is 0 Å². The molecule has 0 saturated heterocycles. The number of carbonyl (C=O) groups is 4. The molecule has 5 atom stereocenters. The summed E-state index contributed by atoms with van der Waals surface area (Å²) in [7, 11) is -9.90. The number of aliphatic hydroxyl groups is 1. The van der Waals surface area contributed by atoms with Crippen LogP contribution in [0.3, 0.4) is 0 Å². The van der Waals surface area contributed by atoms with Gasteiger partial charge in [-0.3, -0.25) is 37.3 Å². The summed E-state index contributed by atoms with van der Waals surface area (Å²) in [6.45, 7) is 14.0. The third kappa shape index (κ3) is 64.6. The van der Waals surface area contributed by atoms with E-state index in [1.54, 1.807) is 0 Å². The van der Waals surface area contributed by atoms with Gasteiger partial charge >= 0.3 is 39.5 Å². The second-order valence-electron chi connectivity index (χ2n) is 27.2. The Kier molecular flexibility index (Phi) is 58.5. The molecule has 0 aromatic rings. The predicted octanol–water partition coefficient (Wildman–Crippen LogP) is 19.7. The number of rotatable bonds is 67. The van der Waals surface area contributed by atoms with Crippen LogP contribution in [0.2, 0.25) is 0 Å². The summed E-state index contributed by atoms with van der Waals surface area (Å²) in [6, 6.07) is 0. The Balaban J connectivity index is 5.24. The van der Waals surface area contributed by atoms with Crippen LogP contribution >= 0.6 is 15.6 Å². The average Bonchev–Trinajstić information content (AvgIpc) is 3.50. The largest absolute Gasteiger partial charge is 0.472 e. The monoisotopic (exact) mass is 1310 g/mol. The molecule has 0 rings (SSSR count). The number of esters is 4. The molecule has 0 aliphatic carbocycles. The molecule has 0 aromatic carbocycles. The molecule has 0 radical (unpaired) electrons. The number of unbranched alkanes of at least 4 members (excludes halogenated alkanes) is 33. The zero-order chi connectivity index (χ0) is 66.1. The van der Waals surface area contributed by atoms with Gasteiger partial charge in [0, 0.05) is 25.7 Å². The van der Waals surface area contributed by atoms with Crippen LogP contribution in [0.5, 0.6) is 0 Å². The fourth-order valence-corrected chi connectivity index (χ4v) is 12.1. The number of aliphatic hydroxyl groups excluding tert-OH is 1. The summed E-state index contributed by atoms with van der Waals surface area (Å²) < 4.78 is 68.3. The molecule has 89 heavy (non-hydrogen) atoms. The van der Waals surface area contributed by atoms with E-state index in [4.69, 9.17) is 37.0 Å². The highest BCUT2D eigenvalue weighted by Gasteiger charge is 2.30. The molecule has 3 N–H and O–H groups in total. The fourth-order valence-electron chi connectivity index (χ4n) is 10.5. The average molecular weight is 1310 g/mol. The molecule has 0 heterocycles. The van der Waals surface area contributed by atoms with Gasteiger partial charge in [-0.25, -0.2) is 9.13 Å². The summed E-state index contributed by atoms with van der Waals surface area (Å²) in [5.41, 5.74) is 0. The lowest BCUT2D eigenvalue weighted by molar-refractivity contribution is -0.161. The molecule has 0 aromatic heterocycles. The number of hydrogen-bond donors (Lipinski definition) is 3. The van der Waals surface area contributed by atoms with E-state index < -0.39 is 97.5 Å². The number of ether oxygens (including phenoxy) is 4. The Morgan fingerprint density at radius 2 is 0.472 bits per heavy atom. The van der Waals surface area contributed by atoms with Gasteiger partial charge < -0.3 is 33.8 Å². The second kappa shape index (κ2) is 59.8. The molecule has 0 saturated carbocycles. The van der Waals surface area contributed by atoms with Crippen LogP contribution in [0, 0.1) is 23.7 Å². The maximum Gasteiger partial charge on any atom is 0.472 e. The minimum atomic E-state index is -4.95. The topological polar surface area (TPSA) is 237 Å². The Labute approximate surface area is 543 Å². The van der Waals surface area contributed by atoms with Crippen molar-refractivity contribution in [3.05, 3.63) is 0 Å². The highest BCUT2D eigenvalue weighted by molar-refractivity contribution is 7.47. The molecular weight excluding hydrogens is 1170 g/mol.